The first-order valence-corrected chi connectivity index (χ1v) is 8.27. The molecule has 0 aromatic heterocycles. The van der Waals surface area contributed by atoms with Crippen molar-refractivity contribution in [3.05, 3.63) is 24.3 Å². The summed E-state index contributed by atoms with van der Waals surface area (Å²) in [4.78, 5) is 0. The molecule has 0 aromatic carbocycles. The molecule has 0 heteroatoms. The van der Waals surface area contributed by atoms with Crippen LogP contribution in [0.2, 0.25) is 0 Å². The maximum atomic E-state index is 2.47. The highest BCUT2D eigenvalue weighted by atomic mass is 14.3. The molecule has 6 aliphatic rings. The Kier molecular flexibility index (Phi) is 4.23. The highest BCUT2D eigenvalue weighted by Crippen LogP contribution is 2.35. The molecule has 2 saturated carbocycles. The van der Waals surface area contributed by atoms with E-state index in [1.807, 2.05) is 0 Å². The number of rotatable bonds is 0. The lowest BCUT2D eigenvalue weighted by Crippen LogP contribution is -2.16. The van der Waals surface area contributed by atoms with E-state index in [0.717, 1.165) is 23.7 Å². The molecule has 0 N–H and O–H groups in total. The van der Waals surface area contributed by atoms with Crippen molar-refractivity contribution in [1.29, 1.82) is 0 Å². The van der Waals surface area contributed by atoms with Crippen LogP contribution < -0.4 is 0 Å². The molecule has 0 amide bonds. The van der Waals surface area contributed by atoms with Crippen LogP contribution >= 0.6 is 0 Å². The average Bonchev–Trinajstić information content (AvgIpc) is 2.42. The van der Waals surface area contributed by atoms with Crippen LogP contribution in [0, 0.1) is 23.7 Å². The zero-order valence-corrected chi connectivity index (χ0v) is 11.7. The maximum absolute atomic E-state index is 2.47. The van der Waals surface area contributed by atoms with Gasteiger partial charge in [0.05, 0.1) is 0 Å². The summed E-state index contributed by atoms with van der Waals surface area (Å²) >= 11 is 0. The molecule has 0 aromatic rings. The molecular weight excluding hydrogens is 216 g/mol. The minimum Gasteiger partial charge on any atom is -0.0851 e. The van der Waals surface area contributed by atoms with Gasteiger partial charge in [0.15, 0.2) is 0 Å². The van der Waals surface area contributed by atoms with E-state index in [1.165, 1.54) is 64.2 Å². The summed E-state index contributed by atoms with van der Waals surface area (Å²) in [5.74, 6) is 3.85. The quantitative estimate of drug-likeness (QED) is 0.493. The Morgan fingerprint density at radius 1 is 0.389 bits per heavy atom. The average molecular weight is 244 g/mol. The molecule has 6 rings (SSSR count). The van der Waals surface area contributed by atoms with E-state index in [-0.39, 0.29) is 0 Å². The summed E-state index contributed by atoms with van der Waals surface area (Å²) in [6.45, 7) is 0. The molecule has 4 bridgehead atoms. The van der Waals surface area contributed by atoms with Gasteiger partial charge in [-0.05, 0) is 75.0 Å². The van der Waals surface area contributed by atoms with Gasteiger partial charge in [-0.25, -0.2) is 0 Å². The van der Waals surface area contributed by atoms with Crippen LogP contribution in [0.1, 0.15) is 64.2 Å². The molecule has 18 heavy (non-hydrogen) atoms. The van der Waals surface area contributed by atoms with Gasteiger partial charge in [-0.1, -0.05) is 37.1 Å². The van der Waals surface area contributed by atoms with Gasteiger partial charge in [-0.3, -0.25) is 0 Å². The van der Waals surface area contributed by atoms with E-state index in [1.54, 1.807) is 0 Å². The fraction of sp³-hybridized carbons (Fsp3) is 0.778. The van der Waals surface area contributed by atoms with Crippen molar-refractivity contribution < 1.29 is 0 Å². The van der Waals surface area contributed by atoms with Crippen LogP contribution in [-0.2, 0) is 0 Å². The molecule has 0 radical (unpaired) electrons. The molecule has 0 nitrogen and oxygen atoms in total. The van der Waals surface area contributed by atoms with Gasteiger partial charge in [0.2, 0.25) is 0 Å². The van der Waals surface area contributed by atoms with Crippen molar-refractivity contribution in [1.82, 2.24) is 0 Å². The minimum absolute atomic E-state index is 0.955. The first-order chi connectivity index (χ1) is 8.90. The Morgan fingerprint density at radius 2 is 0.667 bits per heavy atom. The SMILES string of the molecule is C1=CC2CCC1CC2.C1=CC2CCCCC1CC2. The lowest BCUT2D eigenvalue weighted by Gasteiger charge is -2.29. The van der Waals surface area contributed by atoms with Crippen LogP contribution in [0.5, 0.6) is 0 Å². The third kappa shape index (κ3) is 3.28. The lowest BCUT2D eigenvalue weighted by molar-refractivity contribution is 0.329. The van der Waals surface area contributed by atoms with Gasteiger partial charge in [-0.2, -0.15) is 0 Å². The van der Waals surface area contributed by atoms with E-state index in [2.05, 4.69) is 24.3 Å². The largest absolute Gasteiger partial charge is 0.0851 e. The van der Waals surface area contributed by atoms with Gasteiger partial charge in [0.1, 0.15) is 0 Å². The van der Waals surface area contributed by atoms with Crippen LogP contribution in [0.4, 0.5) is 0 Å². The summed E-state index contributed by atoms with van der Waals surface area (Å²) in [5, 5.41) is 0. The molecule has 0 aliphatic heterocycles. The zero-order chi connectivity index (χ0) is 12.2. The summed E-state index contributed by atoms with van der Waals surface area (Å²) < 4.78 is 0. The van der Waals surface area contributed by atoms with E-state index < -0.39 is 0 Å². The van der Waals surface area contributed by atoms with E-state index >= 15 is 0 Å². The number of hydrogen-bond donors (Lipinski definition) is 0. The third-order valence-corrected chi connectivity index (χ3v) is 5.44. The molecule has 0 spiro atoms. The summed E-state index contributed by atoms with van der Waals surface area (Å²) in [5.41, 5.74) is 0. The van der Waals surface area contributed by atoms with Crippen molar-refractivity contribution in [2.45, 2.75) is 64.2 Å². The second-order valence-corrected chi connectivity index (χ2v) is 6.83. The second-order valence-electron chi connectivity index (χ2n) is 6.83. The summed E-state index contributed by atoms with van der Waals surface area (Å²) in [6, 6.07) is 0. The monoisotopic (exact) mass is 244 g/mol. The Hall–Kier alpha value is -0.520. The summed E-state index contributed by atoms with van der Waals surface area (Å²) in [7, 11) is 0. The first-order valence-electron chi connectivity index (χ1n) is 8.27. The fourth-order valence-corrected chi connectivity index (χ4v) is 4.07. The van der Waals surface area contributed by atoms with Gasteiger partial charge >= 0.3 is 0 Å². The Bertz CT molecular complexity index is 274. The van der Waals surface area contributed by atoms with Crippen LogP contribution in [-0.4, -0.2) is 0 Å². The predicted octanol–water partition coefficient (Wildman–Crippen LogP) is 5.51. The number of hydrogen-bond acceptors (Lipinski definition) is 0. The van der Waals surface area contributed by atoms with E-state index in [9.17, 15) is 0 Å². The molecular formula is C18H28. The normalized spacial score (nSPS) is 40.9. The molecule has 2 fully saturated rings. The van der Waals surface area contributed by atoms with E-state index in [0.29, 0.717) is 0 Å². The highest BCUT2D eigenvalue weighted by Gasteiger charge is 2.21. The van der Waals surface area contributed by atoms with Crippen LogP contribution in [0.3, 0.4) is 0 Å². The van der Waals surface area contributed by atoms with Crippen molar-refractivity contribution in [3.8, 4) is 0 Å². The molecule has 2 unspecified atom stereocenters. The third-order valence-electron chi connectivity index (χ3n) is 5.44. The molecule has 0 heterocycles. The van der Waals surface area contributed by atoms with Crippen molar-refractivity contribution in [3.63, 3.8) is 0 Å². The Balaban J connectivity index is 0.000000114. The fourth-order valence-electron chi connectivity index (χ4n) is 4.07. The van der Waals surface area contributed by atoms with Gasteiger partial charge in [0.25, 0.3) is 0 Å². The van der Waals surface area contributed by atoms with Crippen LogP contribution in [0.15, 0.2) is 24.3 Å². The van der Waals surface area contributed by atoms with Gasteiger partial charge in [-0.15, -0.1) is 0 Å². The molecule has 2 atom stereocenters. The predicted molar refractivity (Wildman–Crippen MR) is 78.4 cm³/mol. The van der Waals surface area contributed by atoms with E-state index in [4.69, 9.17) is 0 Å². The van der Waals surface area contributed by atoms with Crippen LogP contribution in [0.25, 0.3) is 0 Å². The summed E-state index contributed by atoms with van der Waals surface area (Å²) in [6.07, 6.45) is 24.5. The topological polar surface area (TPSA) is 0 Å². The smallest absolute Gasteiger partial charge is 0.0233 e. The standard InChI is InChI=1S/C10H16.C8H12/c1-2-4-10-7-5-9(3-1)6-8-10;1-2-8-5-3-7(1)4-6-8/h5,7,9-10H,1-4,6,8H2;1-2,7-8H,3-6H2. The Labute approximate surface area is 113 Å². The van der Waals surface area contributed by atoms with Crippen molar-refractivity contribution >= 4 is 0 Å². The number of allylic oxidation sites excluding steroid dienone is 4. The molecule has 100 valence electrons. The van der Waals surface area contributed by atoms with Gasteiger partial charge < -0.3 is 0 Å². The number of fused-ring (bicyclic) bond motifs is 6. The Morgan fingerprint density at radius 3 is 0.889 bits per heavy atom. The lowest BCUT2D eigenvalue weighted by atomic mass is 9.76. The first kappa shape index (κ1) is 12.5. The highest BCUT2D eigenvalue weighted by molar-refractivity contribution is 5.02. The van der Waals surface area contributed by atoms with Crippen molar-refractivity contribution in [2.75, 3.05) is 0 Å². The van der Waals surface area contributed by atoms with Gasteiger partial charge in [0, 0.05) is 0 Å². The minimum atomic E-state index is 0.955. The molecule has 0 saturated heterocycles. The second kappa shape index (κ2) is 6.08. The maximum Gasteiger partial charge on any atom is -0.0233 e. The van der Waals surface area contributed by atoms with Crippen molar-refractivity contribution in [2.24, 2.45) is 23.7 Å². The molecule has 6 aliphatic carbocycles. The zero-order valence-electron chi connectivity index (χ0n) is 11.7.